The van der Waals surface area contributed by atoms with Gasteiger partial charge in [-0.2, -0.15) is 5.10 Å². The zero-order chi connectivity index (χ0) is 22.6. The van der Waals surface area contributed by atoms with Gasteiger partial charge < -0.3 is 14.4 Å². The Labute approximate surface area is 194 Å². The number of piperidine rings is 1. The first kappa shape index (κ1) is 21.5. The van der Waals surface area contributed by atoms with Crippen LogP contribution in [-0.4, -0.2) is 62.1 Å². The van der Waals surface area contributed by atoms with Gasteiger partial charge in [0.15, 0.2) is 5.82 Å². The Morgan fingerprint density at radius 3 is 2.24 bits per heavy atom. The molecule has 0 N–H and O–H groups in total. The highest BCUT2D eigenvalue weighted by Crippen LogP contribution is 2.26. The second kappa shape index (κ2) is 9.65. The van der Waals surface area contributed by atoms with Crippen LogP contribution in [0.15, 0.2) is 61.1 Å². The minimum Gasteiger partial charge on any atom is -0.342 e. The molecule has 172 valence electrons. The number of nitrogens with zero attached hydrogens (tertiary/aromatic N) is 5. The van der Waals surface area contributed by atoms with Crippen molar-refractivity contribution in [3.63, 3.8) is 0 Å². The number of benzene rings is 1. The maximum atomic E-state index is 13.7. The molecule has 3 aromatic rings. The number of carbonyl (C=O) groups excluding carboxylic acids is 2. The van der Waals surface area contributed by atoms with E-state index in [1.165, 1.54) is 12.8 Å². The van der Waals surface area contributed by atoms with Gasteiger partial charge in [0.25, 0.3) is 5.91 Å². The molecule has 2 amide bonds. The van der Waals surface area contributed by atoms with Crippen molar-refractivity contribution in [1.82, 2.24) is 24.1 Å². The van der Waals surface area contributed by atoms with Crippen LogP contribution in [0.2, 0.25) is 0 Å². The summed E-state index contributed by atoms with van der Waals surface area (Å²) in [7, 11) is 0. The third kappa shape index (κ3) is 4.45. The Bertz CT molecular complexity index is 1080. The van der Waals surface area contributed by atoms with Crippen LogP contribution >= 0.6 is 0 Å². The van der Waals surface area contributed by atoms with Crippen LogP contribution in [0.4, 0.5) is 0 Å². The van der Waals surface area contributed by atoms with Crippen molar-refractivity contribution in [3.05, 3.63) is 66.6 Å². The van der Waals surface area contributed by atoms with Gasteiger partial charge in [0.1, 0.15) is 5.56 Å². The first-order chi connectivity index (χ1) is 16.2. The maximum Gasteiger partial charge on any atom is 0.259 e. The molecule has 33 heavy (non-hydrogen) atoms. The monoisotopic (exact) mass is 445 g/mol. The largest absolute Gasteiger partial charge is 0.342 e. The lowest BCUT2D eigenvalue weighted by Gasteiger charge is -2.34. The average Bonchev–Trinajstić information content (AvgIpc) is 3.47. The summed E-state index contributed by atoms with van der Waals surface area (Å²) in [6, 6.07) is 13.7. The number of para-hydroxylation sites is 1. The molecule has 0 aliphatic carbocycles. The number of likely N-dealkylation sites (tertiary alicyclic amines) is 2. The summed E-state index contributed by atoms with van der Waals surface area (Å²) in [5, 5.41) is 4.57. The predicted molar refractivity (Wildman–Crippen MR) is 127 cm³/mol. The fourth-order valence-electron chi connectivity index (χ4n) is 5.06. The fourth-order valence-corrected chi connectivity index (χ4v) is 5.06. The van der Waals surface area contributed by atoms with Crippen molar-refractivity contribution in [2.75, 3.05) is 26.2 Å². The molecule has 7 heteroatoms. The number of rotatable bonds is 4. The van der Waals surface area contributed by atoms with E-state index in [-0.39, 0.29) is 17.7 Å². The Morgan fingerprint density at radius 2 is 1.52 bits per heavy atom. The summed E-state index contributed by atoms with van der Waals surface area (Å²) in [6.07, 6.45) is 11.8. The second-order valence-corrected chi connectivity index (χ2v) is 9.05. The van der Waals surface area contributed by atoms with E-state index in [0.717, 1.165) is 50.3 Å². The van der Waals surface area contributed by atoms with Crippen LogP contribution in [0, 0.1) is 5.92 Å². The second-order valence-electron chi connectivity index (χ2n) is 9.05. The predicted octanol–water partition coefficient (Wildman–Crippen LogP) is 3.92. The summed E-state index contributed by atoms with van der Waals surface area (Å²) in [4.78, 5) is 30.8. The minimum atomic E-state index is -0.111. The molecule has 1 atom stereocenters. The molecule has 2 fully saturated rings. The quantitative estimate of drug-likeness (QED) is 0.612. The molecule has 1 aromatic carbocycles. The SMILES string of the molecule is O=C(c1cnn(-c2ccccc2)c1-n1cccc1)N1CCC[C@H](C(=O)N2CCCCCC2)C1. The van der Waals surface area contributed by atoms with Crippen LogP contribution in [0.3, 0.4) is 0 Å². The van der Waals surface area contributed by atoms with E-state index in [2.05, 4.69) is 5.10 Å². The standard InChI is InChI=1S/C26H31N5O2/c32-25(29-16-6-1-2-7-17-29)21-11-10-18-30(20-21)26(33)23-19-27-31(22-12-4-3-5-13-22)24(23)28-14-8-9-15-28/h3-5,8-9,12-15,19,21H,1-2,6-7,10-11,16-18,20H2/t21-/m0/s1. The third-order valence-corrected chi connectivity index (χ3v) is 6.80. The topological polar surface area (TPSA) is 63.4 Å². The van der Waals surface area contributed by atoms with E-state index in [9.17, 15) is 9.59 Å². The van der Waals surface area contributed by atoms with Gasteiger partial charge in [-0.05, 0) is 49.9 Å². The van der Waals surface area contributed by atoms with Crippen LogP contribution in [0.5, 0.6) is 0 Å². The minimum absolute atomic E-state index is 0.0609. The smallest absolute Gasteiger partial charge is 0.259 e. The van der Waals surface area contributed by atoms with Gasteiger partial charge in [0, 0.05) is 38.6 Å². The Morgan fingerprint density at radius 1 is 0.818 bits per heavy atom. The van der Waals surface area contributed by atoms with Gasteiger partial charge in [-0.25, -0.2) is 4.68 Å². The van der Waals surface area contributed by atoms with Gasteiger partial charge in [0.05, 0.1) is 17.8 Å². The molecule has 2 aliphatic rings. The van der Waals surface area contributed by atoms with E-state index in [1.54, 1.807) is 10.9 Å². The Kier molecular flexibility index (Phi) is 6.28. The van der Waals surface area contributed by atoms with E-state index in [4.69, 9.17) is 0 Å². The van der Waals surface area contributed by atoms with E-state index in [0.29, 0.717) is 18.7 Å². The van der Waals surface area contributed by atoms with Gasteiger partial charge in [-0.3, -0.25) is 9.59 Å². The van der Waals surface area contributed by atoms with E-state index >= 15 is 0 Å². The summed E-state index contributed by atoms with van der Waals surface area (Å²) in [5.41, 5.74) is 1.45. The number of carbonyl (C=O) groups is 2. The molecule has 0 spiro atoms. The summed E-state index contributed by atoms with van der Waals surface area (Å²) < 4.78 is 3.73. The van der Waals surface area contributed by atoms with Crippen LogP contribution < -0.4 is 0 Å². The van der Waals surface area contributed by atoms with Gasteiger partial charge in [-0.15, -0.1) is 0 Å². The van der Waals surface area contributed by atoms with Crippen LogP contribution in [-0.2, 0) is 4.79 Å². The van der Waals surface area contributed by atoms with Crippen molar-refractivity contribution in [1.29, 1.82) is 0 Å². The highest BCUT2D eigenvalue weighted by molar-refractivity contribution is 5.97. The maximum absolute atomic E-state index is 13.7. The lowest BCUT2D eigenvalue weighted by Crippen LogP contribution is -2.47. The molecule has 0 bridgehead atoms. The molecule has 7 nitrogen and oxygen atoms in total. The molecule has 2 aromatic heterocycles. The molecule has 2 saturated heterocycles. The van der Waals surface area contributed by atoms with Crippen molar-refractivity contribution >= 4 is 11.8 Å². The third-order valence-electron chi connectivity index (χ3n) is 6.80. The highest BCUT2D eigenvalue weighted by atomic mass is 16.2. The fraction of sp³-hybridized carbons (Fsp3) is 0.423. The lowest BCUT2D eigenvalue weighted by molar-refractivity contribution is -0.136. The molecule has 0 radical (unpaired) electrons. The molecule has 2 aliphatic heterocycles. The van der Waals surface area contributed by atoms with E-state index < -0.39 is 0 Å². The number of amides is 2. The van der Waals surface area contributed by atoms with Crippen molar-refractivity contribution in [2.24, 2.45) is 5.92 Å². The number of hydrogen-bond acceptors (Lipinski definition) is 3. The average molecular weight is 446 g/mol. The zero-order valence-corrected chi connectivity index (χ0v) is 19.0. The van der Waals surface area contributed by atoms with E-state index in [1.807, 2.05) is 69.2 Å². The molecule has 0 unspecified atom stereocenters. The summed E-state index contributed by atoms with van der Waals surface area (Å²) >= 11 is 0. The normalized spacial score (nSPS) is 19.3. The first-order valence-electron chi connectivity index (χ1n) is 12.1. The Hall–Kier alpha value is -3.35. The first-order valence-corrected chi connectivity index (χ1v) is 12.1. The van der Waals surface area contributed by atoms with Gasteiger partial charge >= 0.3 is 0 Å². The molecular formula is C26H31N5O2. The Balaban J connectivity index is 1.40. The summed E-state index contributed by atoms with van der Waals surface area (Å²) in [5.74, 6) is 0.770. The van der Waals surface area contributed by atoms with Crippen molar-refractivity contribution in [2.45, 2.75) is 38.5 Å². The van der Waals surface area contributed by atoms with Gasteiger partial charge in [-0.1, -0.05) is 31.0 Å². The number of aromatic nitrogens is 3. The number of hydrogen-bond donors (Lipinski definition) is 0. The molecule has 0 saturated carbocycles. The van der Waals surface area contributed by atoms with Crippen molar-refractivity contribution in [3.8, 4) is 11.5 Å². The molecular weight excluding hydrogens is 414 g/mol. The van der Waals surface area contributed by atoms with Crippen LogP contribution in [0.25, 0.3) is 11.5 Å². The van der Waals surface area contributed by atoms with Crippen LogP contribution in [0.1, 0.15) is 48.9 Å². The molecule has 5 rings (SSSR count). The molecule has 4 heterocycles. The zero-order valence-electron chi connectivity index (χ0n) is 19.0. The van der Waals surface area contributed by atoms with Gasteiger partial charge in [0.2, 0.25) is 5.91 Å². The highest BCUT2D eigenvalue weighted by Gasteiger charge is 2.33. The summed E-state index contributed by atoms with van der Waals surface area (Å²) in [6.45, 7) is 2.86. The van der Waals surface area contributed by atoms with Crippen molar-refractivity contribution < 1.29 is 9.59 Å². The lowest BCUT2D eigenvalue weighted by atomic mass is 9.96.